The minimum atomic E-state index is 0.489. The number of aryl methyl sites for hydroxylation is 2. The number of nitrogens with two attached hydrogens (primary N) is 1. The van der Waals surface area contributed by atoms with Crippen molar-refractivity contribution in [2.45, 2.75) is 46.6 Å². The van der Waals surface area contributed by atoms with E-state index in [-0.39, 0.29) is 0 Å². The lowest BCUT2D eigenvalue weighted by Crippen LogP contribution is -2.40. The Labute approximate surface area is 134 Å². The second kappa shape index (κ2) is 7.63. The summed E-state index contributed by atoms with van der Waals surface area (Å²) in [5.74, 6) is 1.10. The monoisotopic (exact) mass is 302 g/mol. The fraction of sp³-hybridized carbons (Fsp3) is 0.611. The number of nitrogens with zero attached hydrogens (tertiary/aromatic N) is 2. The van der Waals surface area contributed by atoms with Gasteiger partial charge < -0.3 is 11.1 Å². The van der Waals surface area contributed by atoms with E-state index in [0.717, 1.165) is 12.2 Å². The topological polar surface area (TPSA) is 53.6 Å². The summed E-state index contributed by atoms with van der Waals surface area (Å²) in [6.45, 7) is 11.9. The molecule has 1 aliphatic heterocycles. The number of likely N-dealkylation sites (tertiary alicyclic amines) is 1. The Morgan fingerprint density at radius 1 is 1.23 bits per heavy atom. The number of anilines is 1. The molecule has 1 saturated heterocycles. The largest absolute Gasteiger partial charge is 0.370 e. The van der Waals surface area contributed by atoms with Crippen LogP contribution in [0.4, 0.5) is 5.69 Å². The fourth-order valence-corrected chi connectivity index (χ4v) is 3.02. The molecule has 2 rings (SSSR count). The van der Waals surface area contributed by atoms with Crippen LogP contribution in [0.1, 0.15) is 37.8 Å². The Bertz CT molecular complexity index is 516. The lowest BCUT2D eigenvalue weighted by molar-refractivity contribution is 0.198. The van der Waals surface area contributed by atoms with Crippen LogP contribution >= 0.6 is 0 Å². The fourth-order valence-electron chi connectivity index (χ4n) is 3.02. The van der Waals surface area contributed by atoms with Crippen LogP contribution in [-0.2, 0) is 0 Å². The van der Waals surface area contributed by atoms with Crippen LogP contribution in [-0.4, -0.2) is 36.5 Å². The number of guanidine groups is 1. The molecule has 122 valence electrons. The molecule has 4 nitrogen and oxygen atoms in total. The predicted octanol–water partition coefficient (Wildman–Crippen LogP) is 3.15. The molecule has 1 atom stereocenters. The van der Waals surface area contributed by atoms with Crippen molar-refractivity contribution in [3.63, 3.8) is 0 Å². The molecule has 22 heavy (non-hydrogen) atoms. The Morgan fingerprint density at radius 2 is 1.91 bits per heavy atom. The summed E-state index contributed by atoms with van der Waals surface area (Å²) in [5.41, 5.74) is 9.61. The first-order valence-electron chi connectivity index (χ1n) is 8.35. The average molecular weight is 302 g/mol. The van der Waals surface area contributed by atoms with Gasteiger partial charge in [-0.25, -0.2) is 0 Å². The SMILES string of the molecule is Cc1ccc(NC(N)=NCC(C(C)C)N2CCCC2)cc1C. The molecule has 0 bridgehead atoms. The van der Waals surface area contributed by atoms with Gasteiger partial charge in [0, 0.05) is 11.7 Å². The molecule has 4 heteroatoms. The van der Waals surface area contributed by atoms with E-state index in [4.69, 9.17) is 5.73 Å². The molecule has 0 saturated carbocycles. The smallest absolute Gasteiger partial charge is 0.193 e. The van der Waals surface area contributed by atoms with Crippen LogP contribution in [0.3, 0.4) is 0 Å². The Morgan fingerprint density at radius 3 is 2.50 bits per heavy atom. The summed E-state index contributed by atoms with van der Waals surface area (Å²) < 4.78 is 0. The second-order valence-electron chi connectivity index (χ2n) is 6.70. The van der Waals surface area contributed by atoms with Crippen LogP contribution in [0.2, 0.25) is 0 Å². The molecule has 3 N–H and O–H groups in total. The zero-order valence-electron chi connectivity index (χ0n) is 14.4. The van der Waals surface area contributed by atoms with E-state index < -0.39 is 0 Å². The zero-order chi connectivity index (χ0) is 16.1. The molecule has 1 unspecified atom stereocenters. The molecular formula is C18H30N4. The van der Waals surface area contributed by atoms with Crippen molar-refractivity contribution in [2.24, 2.45) is 16.6 Å². The van der Waals surface area contributed by atoms with E-state index in [1.54, 1.807) is 0 Å². The molecule has 0 amide bonds. The molecular weight excluding hydrogens is 272 g/mol. The van der Waals surface area contributed by atoms with E-state index in [1.165, 1.54) is 37.1 Å². The number of hydrogen-bond donors (Lipinski definition) is 2. The lowest BCUT2D eigenvalue weighted by Gasteiger charge is -2.29. The van der Waals surface area contributed by atoms with E-state index in [9.17, 15) is 0 Å². The van der Waals surface area contributed by atoms with Crippen molar-refractivity contribution in [1.82, 2.24) is 4.90 Å². The summed E-state index contributed by atoms with van der Waals surface area (Å²) in [6.07, 6.45) is 2.62. The van der Waals surface area contributed by atoms with Gasteiger partial charge in [0.05, 0.1) is 6.54 Å². The highest BCUT2D eigenvalue weighted by Gasteiger charge is 2.24. The van der Waals surface area contributed by atoms with Crippen LogP contribution in [0.5, 0.6) is 0 Å². The highest BCUT2D eigenvalue weighted by atomic mass is 15.2. The average Bonchev–Trinajstić information content (AvgIpc) is 2.97. The molecule has 0 radical (unpaired) electrons. The standard InChI is InChI=1S/C18H30N4/c1-13(2)17(22-9-5-6-10-22)12-20-18(19)21-16-8-7-14(3)15(4)11-16/h7-8,11,13,17H,5-6,9-10,12H2,1-4H3,(H3,19,20,21). The van der Waals surface area contributed by atoms with Gasteiger partial charge in [0.25, 0.3) is 0 Å². The molecule has 1 aromatic carbocycles. The number of aliphatic imine (C=N–C) groups is 1. The first-order chi connectivity index (χ1) is 10.5. The van der Waals surface area contributed by atoms with Crippen LogP contribution < -0.4 is 11.1 Å². The minimum Gasteiger partial charge on any atom is -0.370 e. The molecule has 0 aromatic heterocycles. The number of hydrogen-bond acceptors (Lipinski definition) is 2. The van der Waals surface area contributed by atoms with E-state index >= 15 is 0 Å². The summed E-state index contributed by atoms with van der Waals surface area (Å²) >= 11 is 0. The first-order valence-corrected chi connectivity index (χ1v) is 8.35. The third-order valence-electron chi connectivity index (χ3n) is 4.61. The summed E-state index contributed by atoms with van der Waals surface area (Å²) in [5, 5.41) is 3.20. The van der Waals surface area contributed by atoms with Gasteiger partial charge in [-0.3, -0.25) is 9.89 Å². The van der Waals surface area contributed by atoms with Gasteiger partial charge in [-0.2, -0.15) is 0 Å². The van der Waals surface area contributed by atoms with Gasteiger partial charge in [-0.15, -0.1) is 0 Å². The van der Waals surface area contributed by atoms with Crippen molar-refractivity contribution >= 4 is 11.6 Å². The number of nitrogens with one attached hydrogen (secondary N) is 1. The first kappa shape index (κ1) is 16.8. The Kier molecular flexibility index (Phi) is 5.83. The van der Waals surface area contributed by atoms with Crippen LogP contribution in [0.25, 0.3) is 0 Å². The van der Waals surface area contributed by atoms with Gasteiger partial charge in [-0.1, -0.05) is 19.9 Å². The lowest BCUT2D eigenvalue weighted by atomic mass is 10.0. The Hall–Kier alpha value is -1.55. The van der Waals surface area contributed by atoms with Crippen LogP contribution in [0, 0.1) is 19.8 Å². The molecule has 1 aromatic rings. The maximum Gasteiger partial charge on any atom is 0.193 e. The second-order valence-corrected chi connectivity index (χ2v) is 6.70. The van der Waals surface area contributed by atoms with Crippen molar-refractivity contribution in [3.05, 3.63) is 29.3 Å². The number of benzene rings is 1. The van der Waals surface area contributed by atoms with Gasteiger partial charge in [0.15, 0.2) is 5.96 Å². The van der Waals surface area contributed by atoms with E-state index in [0.29, 0.717) is 17.9 Å². The predicted molar refractivity (Wildman–Crippen MR) is 95.5 cm³/mol. The van der Waals surface area contributed by atoms with Crippen LogP contribution in [0.15, 0.2) is 23.2 Å². The summed E-state index contributed by atoms with van der Waals surface area (Å²) in [4.78, 5) is 7.13. The molecule has 0 aliphatic carbocycles. The normalized spacial score (nSPS) is 18.0. The summed E-state index contributed by atoms with van der Waals surface area (Å²) in [7, 11) is 0. The highest BCUT2D eigenvalue weighted by Crippen LogP contribution is 2.18. The van der Waals surface area contributed by atoms with Gasteiger partial charge >= 0.3 is 0 Å². The van der Waals surface area contributed by atoms with E-state index in [2.05, 4.69) is 55.0 Å². The van der Waals surface area contributed by atoms with Crippen molar-refractivity contribution in [1.29, 1.82) is 0 Å². The molecule has 1 heterocycles. The van der Waals surface area contributed by atoms with Crippen molar-refractivity contribution < 1.29 is 0 Å². The quantitative estimate of drug-likeness (QED) is 0.649. The minimum absolute atomic E-state index is 0.489. The maximum atomic E-state index is 6.06. The van der Waals surface area contributed by atoms with E-state index in [1.807, 2.05) is 6.07 Å². The maximum absolute atomic E-state index is 6.06. The third kappa shape index (κ3) is 4.47. The molecule has 1 aliphatic rings. The zero-order valence-corrected chi connectivity index (χ0v) is 14.4. The van der Waals surface area contributed by atoms with Crippen molar-refractivity contribution in [3.8, 4) is 0 Å². The Balaban J connectivity index is 1.96. The third-order valence-corrected chi connectivity index (χ3v) is 4.61. The highest BCUT2D eigenvalue weighted by molar-refractivity contribution is 5.92. The molecule has 0 spiro atoms. The van der Waals surface area contributed by atoms with Gasteiger partial charge in [-0.05, 0) is 69.0 Å². The van der Waals surface area contributed by atoms with Crippen molar-refractivity contribution in [2.75, 3.05) is 25.0 Å². The molecule has 1 fully saturated rings. The van der Waals surface area contributed by atoms with Gasteiger partial charge in [0.1, 0.15) is 0 Å². The van der Waals surface area contributed by atoms with Gasteiger partial charge in [0.2, 0.25) is 0 Å². The number of rotatable bonds is 5. The summed E-state index contributed by atoms with van der Waals surface area (Å²) in [6, 6.07) is 6.75.